The molecule has 0 aliphatic heterocycles. The van der Waals surface area contributed by atoms with Crippen molar-refractivity contribution in [2.45, 2.75) is 18.4 Å². The molecule has 0 amide bonds. The smallest absolute Gasteiger partial charge is 0.235 e. The summed E-state index contributed by atoms with van der Waals surface area (Å²) in [5.74, 6) is 0. The monoisotopic (exact) mass is 233 g/mol. The van der Waals surface area contributed by atoms with Crippen LogP contribution in [0.3, 0.4) is 0 Å². The number of hydrogen-bond donors (Lipinski definition) is 1. The molecule has 0 unspecified atom stereocenters. The van der Waals surface area contributed by atoms with E-state index in [0.29, 0.717) is 5.15 Å². The highest BCUT2D eigenvalue weighted by Gasteiger charge is 2.46. The molecule has 3 rings (SSSR count). The van der Waals surface area contributed by atoms with Crippen molar-refractivity contribution in [2.24, 2.45) is 4.99 Å². The second-order valence-electron chi connectivity index (χ2n) is 3.97. The first-order chi connectivity index (χ1) is 7.77. The van der Waals surface area contributed by atoms with E-state index in [1.165, 1.54) is 0 Å². The number of fused-ring (bicyclic) bond motifs is 1. The first-order valence-electron chi connectivity index (χ1n) is 4.99. The van der Waals surface area contributed by atoms with E-state index in [1.54, 1.807) is 6.08 Å². The van der Waals surface area contributed by atoms with E-state index in [1.807, 2.05) is 18.2 Å². The van der Waals surface area contributed by atoms with Gasteiger partial charge in [-0.2, -0.15) is 10.1 Å². The van der Waals surface area contributed by atoms with Crippen molar-refractivity contribution in [1.82, 2.24) is 10.2 Å². The first-order valence-corrected chi connectivity index (χ1v) is 5.37. The summed E-state index contributed by atoms with van der Waals surface area (Å²) in [5, 5.41) is 8.28. The van der Waals surface area contributed by atoms with Crippen LogP contribution in [0, 0.1) is 0 Å². The molecule has 0 saturated heterocycles. The van der Waals surface area contributed by atoms with Gasteiger partial charge in [-0.1, -0.05) is 23.7 Å². The molecule has 1 aromatic heterocycles. The highest BCUT2D eigenvalue weighted by atomic mass is 35.5. The Kier molecular flexibility index (Phi) is 1.90. The number of nitrogens with one attached hydrogen (secondary N) is 1. The maximum Gasteiger partial charge on any atom is 0.235 e. The van der Waals surface area contributed by atoms with Crippen LogP contribution in [0.5, 0.6) is 0 Å². The van der Waals surface area contributed by atoms with Crippen LogP contribution in [-0.2, 0) is 10.3 Å². The van der Waals surface area contributed by atoms with E-state index >= 15 is 0 Å². The number of rotatable bonds is 2. The van der Waals surface area contributed by atoms with Crippen LogP contribution in [0.4, 0.5) is 0 Å². The number of aromatic amines is 1. The van der Waals surface area contributed by atoms with Crippen molar-refractivity contribution in [1.29, 1.82) is 0 Å². The number of carbonyl (C=O) groups excluding carboxylic acids is 1. The molecule has 1 aliphatic rings. The van der Waals surface area contributed by atoms with Gasteiger partial charge in [-0.25, -0.2) is 4.79 Å². The lowest BCUT2D eigenvalue weighted by Crippen LogP contribution is -2.02. The zero-order valence-corrected chi connectivity index (χ0v) is 9.08. The predicted octanol–water partition coefficient (Wildman–Crippen LogP) is 2.54. The average molecular weight is 234 g/mol. The van der Waals surface area contributed by atoms with Crippen LogP contribution >= 0.6 is 11.6 Å². The van der Waals surface area contributed by atoms with E-state index in [2.05, 4.69) is 15.2 Å². The maximum absolute atomic E-state index is 10.4. The highest BCUT2D eigenvalue weighted by molar-refractivity contribution is 6.34. The van der Waals surface area contributed by atoms with Gasteiger partial charge in [-0.3, -0.25) is 5.10 Å². The summed E-state index contributed by atoms with van der Waals surface area (Å²) >= 11 is 5.97. The minimum absolute atomic E-state index is 0.403. The molecule has 1 heterocycles. The molecule has 80 valence electrons. The molecule has 1 aliphatic carbocycles. The Balaban J connectivity index is 2.28. The number of hydrogen-bond acceptors (Lipinski definition) is 3. The van der Waals surface area contributed by atoms with Gasteiger partial charge in [0.1, 0.15) is 10.7 Å². The first kappa shape index (κ1) is 9.58. The quantitative estimate of drug-likeness (QED) is 0.640. The van der Waals surface area contributed by atoms with Gasteiger partial charge >= 0.3 is 0 Å². The zero-order valence-electron chi connectivity index (χ0n) is 8.33. The molecule has 16 heavy (non-hydrogen) atoms. The Morgan fingerprint density at radius 3 is 3.00 bits per heavy atom. The van der Waals surface area contributed by atoms with Crippen LogP contribution in [0.15, 0.2) is 23.2 Å². The molecule has 1 aromatic carbocycles. The van der Waals surface area contributed by atoms with Gasteiger partial charge in [0.2, 0.25) is 6.08 Å². The van der Waals surface area contributed by atoms with Crippen molar-refractivity contribution in [3.05, 3.63) is 28.9 Å². The Morgan fingerprint density at radius 2 is 2.31 bits per heavy atom. The minimum Gasteiger partial charge on any atom is -0.266 e. The molecule has 4 nitrogen and oxygen atoms in total. The fraction of sp³-hybridized carbons (Fsp3) is 0.273. The number of nitrogens with zero attached hydrogens (tertiary/aromatic N) is 2. The zero-order chi connectivity index (χ0) is 11.2. The second-order valence-corrected chi connectivity index (χ2v) is 4.35. The van der Waals surface area contributed by atoms with Crippen LogP contribution in [0.1, 0.15) is 18.4 Å². The van der Waals surface area contributed by atoms with Crippen LogP contribution < -0.4 is 0 Å². The van der Waals surface area contributed by atoms with E-state index in [4.69, 9.17) is 11.6 Å². The fourth-order valence-corrected chi connectivity index (χ4v) is 2.22. The summed E-state index contributed by atoms with van der Waals surface area (Å²) in [6, 6.07) is 5.73. The van der Waals surface area contributed by atoms with Gasteiger partial charge < -0.3 is 0 Å². The third-order valence-corrected chi connectivity index (χ3v) is 3.31. The molecule has 0 spiro atoms. The maximum atomic E-state index is 10.4. The van der Waals surface area contributed by atoms with Crippen LogP contribution in [-0.4, -0.2) is 16.3 Å². The van der Waals surface area contributed by atoms with Crippen LogP contribution in [0.25, 0.3) is 10.9 Å². The summed E-state index contributed by atoms with van der Waals surface area (Å²) in [6.45, 7) is 0. The number of para-hydroxylation sites is 1. The summed E-state index contributed by atoms with van der Waals surface area (Å²) in [7, 11) is 0. The molecule has 1 saturated carbocycles. The lowest BCUT2D eigenvalue weighted by Gasteiger charge is -2.07. The Hall–Kier alpha value is -1.64. The van der Waals surface area contributed by atoms with Crippen molar-refractivity contribution in [3.8, 4) is 0 Å². The molecular formula is C11H8ClN3O. The average Bonchev–Trinajstić information content (AvgIpc) is 2.98. The SMILES string of the molecule is O=C=NC1(c2cccc3c(Cl)[nH]nc23)CC1. The molecule has 0 atom stereocenters. The second kappa shape index (κ2) is 3.17. The number of benzene rings is 1. The Bertz CT molecular complexity index is 609. The molecule has 1 N–H and O–H groups in total. The Labute approximate surface area is 96.3 Å². The van der Waals surface area contributed by atoms with E-state index in [0.717, 1.165) is 29.3 Å². The van der Waals surface area contributed by atoms with Gasteiger partial charge in [-0.05, 0) is 18.9 Å². The van der Waals surface area contributed by atoms with Gasteiger partial charge in [0.15, 0.2) is 0 Å². The number of isocyanates is 1. The topological polar surface area (TPSA) is 58.1 Å². The standard InChI is InChI=1S/C11H8ClN3O/c12-10-7-2-1-3-8(9(7)14-15-10)11(4-5-11)13-6-16/h1-3H,4-5H2,(H,14,15). The van der Waals surface area contributed by atoms with Crippen LogP contribution in [0.2, 0.25) is 5.15 Å². The number of halogens is 1. The lowest BCUT2D eigenvalue weighted by molar-refractivity contribution is 0.556. The summed E-state index contributed by atoms with van der Waals surface area (Å²) in [4.78, 5) is 14.3. The third-order valence-electron chi connectivity index (χ3n) is 3.02. The van der Waals surface area contributed by atoms with Crippen molar-refractivity contribution < 1.29 is 4.79 Å². The summed E-state index contributed by atoms with van der Waals surface area (Å²) in [5.41, 5.74) is 1.35. The molecule has 5 heteroatoms. The molecular weight excluding hydrogens is 226 g/mol. The number of H-pyrrole nitrogens is 1. The number of aliphatic imine (C=N–C) groups is 1. The van der Waals surface area contributed by atoms with E-state index in [9.17, 15) is 4.79 Å². The van der Waals surface area contributed by atoms with E-state index in [-0.39, 0.29) is 0 Å². The minimum atomic E-state index is -0.403. The van der Waals surface area contributed by atoms with Gasteiger partial charge in [-0.15, -0.1) is 0 Å². The highest BCUT2D eigenvalue weighted by Crippen LogP contribution is 2.51. The van der Waals surface area contributed by atoms with E-state index < -0.39 is 5.54 Å². The molecule has 0 radical (unpaired) electrons. The molecule has 2 aromatic rings. The van der Waals surface area contributed by atoms with Gasteiger partial charge in [0.25, 0.3) is 0 Å². The van der Waals surface area contributed by atoms with Crippen molar-refractivity contribution >= 4 is 28.6 Å². The fourth-order valence-electron chi connectivity index (χ4n) is 2.03. The summed E-state index contributed by atoms with van der Waals surface area (Å²) < 4.78 is 0. The van der Waals surface area contributed by atoms with Gasteiger partial charge in [0.05, 0.1) is 5.52 Å². The molecule has 0 bridgehead atoms. The van der Waals surface area contributed by atoms with Crippen molar-refractivity contribution in [2.75, 3.05) is 0 Å². The number of aromatic nitrogens is 2. The summed E-state index contributed by atoms with van der Waals surface area (Å²) in [6.07, 6.45) is 3.38. The lowest BCUT2D eigenvalue weighted by atomic mass is 10.0. The van der Waals surface area contributed by atoms with Crippen molar-refractivity contribution in [3.63, 3.8) is 0 Å². The van der Waals surface area contributed by atoms with Gasteiger partial charge in [0, 0.05) is 10.9 Å². The predicted molar refractivity (Wildman–Crippen MR) is 60.1 cm³/mol. The normalized spacial score (nSPS) is 17.1. The Morgan fingerprint density at radius 1 is 1.50 bits per heavy atom. The largest absolute Gasteiger partial charge is 0.266 e. The molecule has 1 fully saturated rings. The third kappa shape index (κ3) is 1.21.